The second-order valence-corrected chi connectivity index (χ2v) is 6.14. The maximum absolute atomic E-state index is 11.8. The zero-order valence-electron chi connectivity index (χ0n) is 11.6. The quantitative estimate of drug-likeness (QED) is 0.699. The molecule has 1 aliphatic rings. The van der Waals surface area contributed by atoms with Crippen molar-refractivity contribution in [2.24, 2.45) is 5.92 Å². The second-order valence-electron chi connectivity index (χ2n) is 5.16. The van der Waals surface area contributed by atoms with Gasteiger partial charge in [-0.05, 0) is 37.2 Å². The molecule has 5 nitrogen and oxygen atoms in total. The van der Waals surface area contributed by atoms with Crippen LogP contribution in [-0.2, 0) is 4.79 Å². The van der Waals surface area contributed by atoms with Gasteiger partial charge in [0.2, 0.25) is 0 Å². The monoisotopic (exact) mass is 288 g/mol. The van der Waals surface area contributed by atoms with Gasteiger partial charge in [0.1, 0.15) is 6.04 Å². The van der Waals surface area contributed by atoms with Crippen LogP contribution in [0.1, 0.15) is 39.0 Å². The van der Waals surface area contributed by atoms with E-state index in [0.29, 0.717) is 12.3 Å². The molecule has 0 spiro atoms. The summed E-state index contributed by atoms with van der Waals surface area (Å²) in [6.07, 6.45) is 6.82. The number of aliphatic carboxylic acids is 1. The summed E-state index contributed by atoms with van der Waals surface area (Å²) in [4.78, 5) is 22.9. The van der Waals surface area contributed by atoms with E-state index < -0.39 is 12.0 Å². The number of urea groups is 1. The summed E-state index contributed by atoms with van der Waals surface area (Å²) in [5.41, 5.74) is 0. The van der Waals surface area contributed by atoms with Crippen LogP contribution in [-0.4, -0.2) is 41.2 Å². The van der Waals surface area contributed by atoms with E-state index in [1.54, 1.807) is 11.8 Å². The number of carboxylic acids is 1. The van der Waals surface area contributed by atoms with Crippen molar-refractivity contribution in [3.8, 4) is 0 Å². The molecule has 0 radical (unpaired) electrons. The predicted octanol–water partition coefficient (Wildman–Crippen LogP) is 2.07. The van der Waals surface area contributed by atoms with Crippen molar-refractivity contribution in [2.75, 3.05) is 12.0 Å². The molecule has 1 fully saturated rings. The largest absolute Gasteiger partial charge is 0.480 e. The topological polar surface area (TPSA) is 78.4 Å². The first-order valence-electron chi connectivity index (χ1n) is 6.83. The molecule has 110 valence electrons. The van der Waals surface area contributed by atoms with Crippen LogP contribution in [0.3, 0.4) is 0 Å². The first-order valence-corrected chi connectivity index (χ1v) is 8.22. The highest BCUT2D eigenvalue weighted by Crippen LogP contribution is 2.23. The van der Waals surface area contributed by atoms with E-state index in [2.05, 4.69) is 17.6 Å². The van der Waals surface area contributed by atoms with Gasteiger partial charge in [0.25, 0.3) is 0 Å². The normalized spacial score (nSPS) is 24.5. The van der Waals surface area contributed by atoms with E-state index in [4.69, 9.17) is 5.11 Å². The maximum Gasteiger partial charge on any atom is 0.326 e. The Kier molecular flexibility index (Phi) is 7.05. The van der Waals surface area contributed by atoms with Gasteiger partial charge < -0.3 is 15.7 Å². The van der Waals surface area contributed by atoms with E-state index in [1.165, 1.54) is 6.42 Å². The molecule has 1 aliphatic carbocycles. The number of carbonyl (C=O) groups is 2. The van der Waals surface area contributed by atoms with Gasteiger partial charge in [-0.3, -0.25) is 0 Å². The summed E-state index contributed by atoms with van der Waals surface area (Å²) < 4.78 is 0. The van der Waals surface area contributed by atoms with Gasteiger partial charge in [-0.2, -0.15) is 11.8 Å². The van der Waals surface area contributed by atoms with E-state index in [-0.39, 0.29) is 12.1 Å². The molecule has 3 N–H and O–H groups in total. The fourth-order valence-electron chi connectivity index (χ4n) is 2.39. The van der Waals surface area contributed by atoms with Gasteiger partial charge in [-0.15, -0.1) is 0 Å². The van der Waals surface area contributed by atoms with E-state index in [1.807, 2.05) is 6.26 Å². The van der Waals surface area contributed by atoms with Crippen LogP contribution in [0.5, 0.6) is 0 Å². The van der Waals surface area contributed by atoms with E-state index in [9.17, 15) is 9.59 Å². The summed E-state index contributed by atoms with van der Waals surface area (Å²) >= 11 is 1.58. The highest BCUT2D eigenvalue weighted by molar-refractivity contribution is 7.98. The van der Waals surface area contributed by atoms with Crippen molar-refractivity contribution < 1.29 is 14.7 Å². The Bertz CT molecular complexity index is 312. The molecule has 1 saturated carbocycles. The van der Waals surface area contributed by atoms with Crippen molar-refractivity contribution in [1.82, 2.24) is 10.6 Å². The number of hydrogen-bond acceptors (Lipinski definition) is 3. The highest BCUT2D eigenvalue weighted by atomic mass is 32.2. The third-order valence-electron chi connectivity index (χ3n) is 3.64. The Balaban J connectivity index is 2.40. The molecule has 19 heavy (non-hydrogen) atoms. The molecule has 0 aromatic heterocycles. The average Bonchev–Trinajstić information content (AvgIpc) is 2.37. The SMILES string of the molecule is CSCC[C@H](NC(=O)NC1CCCCC1C)C(=O)O. The standard InChI is InChI=1S/C13H24N2O3S/c1-9-5-3-4-6-10(9)14-13(18)15-11(12(16)17)7-8-19-2/h9-11H,3-8H2,1-2H3,(H,16,17)(H2,14,15,18)/t9?,10?,11-/m0/s1. The van der Waals surface area contributed by atoms with Crippen LogP contribution in [0.15, 0.2) is 0 Å². The molecule has 2 unspecified atom stereocenters. The lowest BCUT2D eigenvalue weighted by atomic mass is 9.86. The number of amides is 2. The summed E-state index contributed by atoms with van der Waals surface area (Å²) in [7, 11) is 0. The minimum atomic E-state index is -0.971. The minimum Gasteiger partial charge on any atom is -0.480 e. The molecule has 1 rings (SSSR count). The van der Waals surface area contributed by atoms with E-state index in [0.717, 1.165) is 25.0 Å². The van der Waals surface area contributed by atoms with Crippen molar-refractivity contribution in [3.05, 3.63) is 0 Å². The fourth-order valence-corrected chi connectivity index (χ4v) is 2.86. The van der Waals surface area contributed by atoms with Crippen LogP contribution >= 0.6 is 11.8 Å². The van der Waals surface area contributed by atoms with E-state index >= 15 is 0 Å². The third kappa shape index (κ3) is 5.72. The summed E-state index contributed by atoms with van der Waals surface area (Å²) in [6.45, 7) is 2.13. The number of thioether (sulfide) groups is 1. The molecule has 0 aromatic rings. The van der Waals surface area contributed by atoms with Gasteiger partial charge in [0.15, 0.2) is 0 Å². The lowest BCUT2D eigenvalue weighted by Gasteiger charge is -2.30. The van der Waals surface area contributed by atoms with Crippen molar-refractivity contribution in [3.63, 3.8) is 0 Å². The summed E-state index contributed by atoms with van der Waals surface area (Å²) in [5.74, 6) is 0.215. The van der Waals surface area contributed by atoms with Crippen LogP contribution in [0.2, 0.25) is 0 Å². The first kappa shape index (κ1) is 16.1. The van der Waals surface area contributed by atoms with Crippen LogP contribution in [0, 0.1) is 5.92 Å². The Labute approximate surface area is 118 Å². The van der Waals surface area contributed by atoms with Gasteiger partial charge >= 0.3 is 12.0 Å². The maximum atomic E-state index is 11.8. The van der Waals surface area contributed by atoms with Crippen molar-refractivity contribution >= 4 is 23.8 Å². The van der Waals surface area contributed by atoms with Gasteiger partial charge in [-0.1, -0.05) is 19.8 Å². The zero-order valence-corrected chi connectivity index (χ0v) is 12.5. The average molecular weight is 288 g/mol. The molecular weight excluding hydrogens is 264 g/mol. The molecule has 2 amide bonds. The first-order chi connectivity index (χ1) is 9.04. The molecular formula is C13H24N2O3S. The van der Waals surface area contributed by atoms with Crippen molar-refractivity contribution in [2.45, 2.75) is 51.1 Å². The van der Waals surface area contributed by atoms with Gasteiger partial charge in [0, 0.05) is 6.04 Å². The molecule has 0 bridgehead atoms. The number of carbonyl (C=O) groups excluding carboxylic acids is 1. The molecule has 0 aromatic carbocycles. The molecule has 3 atom stereocenters. The van der Waals surface area contributed by atoms with Crippen molar-refractivity contribution in [1.29, 1.82) is 0 Å². The number of hydrogen-bond donors (Lipinski definition) is 3. The fraction of sp³-hybridized carbons (Fsp3) is 0.846. The number of rotatable bonds is 6. The summed E-state index contributed by atoms with van der Waals surface area (Å²) in [5, 5.41) is 14.5. The highest BCUT2D eigenvalue weighted by Gasteiger charge is 2.25. The van der Waals surface area contributed by atoms with Crippen LogP contribution in [0.4, 0.5) is 4.79 Å². The summed E-state index contributed by atoms with van der Waals surface area (Å²) in [6, 6.07) is -0.984. The van der Waals surface area contributed by atoms with Crippen LogP contribution < -0.4 is 10.6 Å². The molecule has 0 heterocycles. The Morgan fingerprint density at radius 1 is 1.37 bits per heavy atom. The lowest BCUT2D eigenvalue weighted by Crippen LogP contribution is -2.51. The van der Waals surface area contributed by atoms with Crippen LogP contribution in [0.25, 0.3) is 0 Å². The second kappa shape index (κ2) is 8.30. The molecule has 0 saturated heterocycles. The Morgan fingerprint density at radius 3 is 2.63 bits per heavy atom. The number of nitrogens with one attached hydrogen (secondary N) is 2. The predicted molar refractivity (Wildman–Crippen MR) is 77.5 cm³/mol. The van der Waals surface area contributed by atoms with Gasteiger partial charge in [-0.25, -0.2) is 9.59 Å². The third-order valence-corrected chi connectivity index (χ3v) is 4.29. The minimum absolute atomic E-state index is 0.170. The molecule has 0 aliphatic heterocycles. The van der Waals surface area contributed by atoms with Gasteiger partial charge in [0.05, 0.1) is 0 Å². The lowest BCUT2D eigenvalue weighted by molar-refractivity contribution is -0.139. The zero-order chi connectivity index (χ0) is 14.3. The number of carboxylic acid groups (broad SMARTS) is 1. The Morgan fingerprint density at radius 2 is 2.05 bits per heavy atom. The smallest absolute Gasteiger partial charge is 0.326 e. The Hall–Kier alpha value is -0.910. The molecule has 6 heteroatoms.